The van der Waals surface area contributed by atoms with Gasteiger partial charge in [-0.05, 0) is 32.0 Å². The Morgan fingerprint density at radius 1 is 1.45 bits per heavy atom. The van der Waals surface area contributed by atoms with E-state index < -0.39 is 11.7 Å². The van der Waals surface area contributed by atoms with E-state index >= 15 is 0 Å². The fraction of sp³-hybridized carbons (Fsp3) is 0.333. The Kier molecular flexibility index (Phi) is 5.50. The molecule has 7 heteroatoms. The Bertz CT molecular complexity index is 767. The summed E-state index contributed by atoms with van der Waals surface area (Å²) in [6, 6.07) is 3.65. The molecule has 1 heterocycles. The first-order valence-corrected chi connectivity index (χ1v) is 7.83. The number of carbonyl (C=O) groups excluding carboxylic acids is 1. The molecule has 0 saturated carbocycles. The molecule has 22 heavy (non-hydrogen) atoms. The molecule has 0 radical (unpaired) electrons. The lowest BCUT2D eigenvalue weighted by atomic mass is 10.2. The third kappa shape index (κ3) is 3.63. The molecule has 118 valence electrons. The number of ether oxygens (including phenoxy) is 1. The normalized spacial score (nSPS) is 12.0. The number of amides is 1. The SMILES string of the molecule is COCCn1c(C)c(C)s/c1=N\C(=O)c1cc(F)ccc1Cl. The number of thiazole rings is 1. The first kappa shape index (κ1) is 16.9. The molecule has 1 aromatic heterocycles. The van der Waals surface area contributed by atoms with Crippen molar-refractivity contribution in [1.29, 1.82) is 0 Å². The van der Waals surface area contributed by atoms with Gasteiger partial charge in [-0.15, -0.1) is 11.3 Å². The molecule has 0 atom stereocenters. The molecule has 0 aliphatic heterocycles. The quantitative estimate of drug-likeness (QED) is 0.855. The van der Waals surface area contributed by atoms with Crippen molar-refractivity contribution >= 4 is 28.8 Å². The molecule has 0 aliphatic carbocycles. The highest BCUT2D eigenvalue weighted by molar-refractivity contribution is 7.09. The van der Waals surface area contributed by atoms with Crippen LogP contribution in [0.4, 0.5) is 4.39 Å². The van der Waals surface area contributed by atoms with Crippen molar-refractivity contribution in [2.45, 2.75) is 20.4 Å². The van der Waals surface area contributed by atoms with Gasteiger partial charge in [0.15, 0.2) is 4.80 Å². The predicted molar refractivity (Wildman–Crippen MR) is 85.0 cm³/mol. The molecule has 2 aromatic rings. The van der Waals surface area contributed by atoms with Gasteiger partial charge in [-0.25, -0.2) is 4.39 Å². The van der Waals surface area contributed by atoms with Crippen LogP contribution in [0.5, 0.6) is 0 Å². The maximum Gasteiger partial charge on any atom is 0.281 e. The molecule has 1 aromatic carbocycles. The highest BCUT2D eigenvalue weighted by atomic mass is 35.5. The molecular weight excluding hydrogens is 327 g/mol. The number of benzene rings is 1. The van der Waals surface area contributed by atoms with Gasteiger partial charge in [-0.1, -0.05) is 11.6 Å². The molecular formula is C15H16ClFN2O2S. The lowest BCUT2D eigenvalue weighted by molar-refractivity contribution is 0.0997. The minimum Gasteiger partial charge on any atom is -0.383 e. The number of carbonyl (C=O) groups is 1. The van der Waals surface area contributed by atoms with Gasteiger partial charge < -0.3 is 9.30 Å². The first-order valence-electron chi connectivity index (χ1n) is 6.64. The Morgan fingerprint density at radius 3 is 2.86 bits per heavy atom. The molecule has 0 N–H and O–H groups in total. The van der Waals surface area contributed by atoms with Crippen molar-refractivity contribution < 1.29 is 13.9 Å². The first-order chi connectivity index (χ1) is 10.4. The zero-order valence-corrected chi connectivity index (χ0v) is 14.1. The predicted octanol–water partition coefficient (Wildman–Crippen LogP) is 3.35. The Labute approximate surface area is 136 Å². The zero-order chi connectivity index (χ0) is 16.3. The van der Waals surface area contributed by atoms with Gasteiger partial charge in [-0.2, -0.15) is 4.99 Å². The molecule has 0 unspecified atom stereocenters. The van der Waals surface area contributed by atoms with E-state index in [2.05, 4.69) is 4.99 Å². The number of rotatable bonds is 4. The van der Waals surface area contributed by atoms with Crippen LogP contribution in [-0.4, -0.2) is 24.2 Å². The van der Waals surface area contributed by atoms with Crippen LogP contribution in [0, 0.1) is 19.7 Å². The fourth-order valence-electron chi connectivity index (χ4n) is 1.94. The number of hydrogen-bond donors (Lipinski definition) is 0. The number of halogens is 2. The third-order valence-electron chi connectivity index (χ3n) is 3.26. The maximum absolute atomic E-state index is 13.3. The monoisotopic (exact) mass is 342 g/mol. The number of aromatic nitrogens is 1. The molecule has 4 nitrogen and oxygen atoms in total. The molecule has 0 aliphatic rings. The van der Waals surface area contributed by atoms with Crippen molar-refractivity contribution in [3.8, 4) is 0 Å². The van der Waals surface area contributed by atoms with E-state index in [0.717, 1.165) is 16.6 Å². The molecule has 0 spiro atoms. The van der Waals surface area contributed by atoms with Gasteiger partial charge in [-0.3, -0.25) is 4.79 Å². The van der Waals surface area contributed by atoms with Crippen molar-refractivity contribution in [2.75, 3.05) is 13.7 Å². The van der Waals surface area contributed by atoms with E-state index in [4.69, 9.17) is 16.3 Å². The van der Waals surface area contributed by atoms with Crippen LogP contribution < -0.4 is 4.80 Å². The van der Waals surface area contributed by atoms with E-state index in [1.807, 2.05) is 18.4 Å². The second-order valence-electron chi connectivity index (χ2n) is 4.71. The van der Waals surface area contributed by atoms with E-state index in [1.165, 1.54) is 23.5 Å². The van der Waals surface area contributed by atoms with Crippen molar-refractivity contribution in [1.82, 2.24) is 4.57 Å². The highest BCUT2D eigenvalue weighted by Gasteiger charge is 2.13. The van der Waals surface area contributed by atoms with E-state index in [0.29, 0.717) is 18.0 Å². The average Bonchev–Trinajstić information content (AvgIpc) is 2.74. The maximum atomic E-state index is 13.3. The van der Waals surface area contributed by atoms with E-state index in [1.54, 1.807) is 7.11 Å². The van der Waals surface area contributed by atoms with Gasteiger partial charge in [0.05, 0.1) is 17.2 Å². The van der Waals surface area contributed by atoms with Crippen LogP contribution in [0.25, 0.3) is 0 Å². The number of aryl methyl sites for hydroxylation is 1. The summed E-state index contributed by atoms with van der Waals surface area (Å²) >= 11 is 7.35. The zero-order valence-electron chi connectivity index (χ0n) is 12.5. The van der Waals surface area contributed by atoms with Gasteiger partial charge in [0.2, 0.25) is 0 Å². The standard InChI is InChI=1S/C15H16ClFN2O2S/c1-9-10(2)22-15(19(9)6-7-21-3)18-14(20)12-8-11(17)4-5-13(12)16/h4-5,8H,6-7H2,1-3H3/b18-15-. The summed E-state index contributed by atoms with van der Waals surface area (Å²) in [6.45, 7) is 5.02. The lowest BCUT2D eigenvalue weighted by Gasteiger charge is -2.05. The molecule has 2 rings (SSSR count). The van der Waals surface area contributed by atoms with Crippen molar-refractivity contribution in [3.63, 3.8) is 0 Å². The van der Waals surface area contributed by atoms with Crippen LogP contribution in [-0.2, 0) is 11.3 Å². The average molecular weight is 343 g/mol. The van der Waals surface area contributed by atoms with Crippen LogP contribution in [0.2, 0.25) is 5.02 Å². The summed E-state index contributed by atoms with van der Waals surface area (Å²) in [5.41, 5.74) is 1.09. The van der Waals surface area contributed by atoms with Crippen molar-refractivity contribution in [3.05, 3.63) is 50.0 Å². The number of hydrogen-bond acceptors (Lipinski definition) is 3. The van der Waals surface area contributed by atoms with Gasteiger partial charge in [0.1, 0.15) is 5.82 Å². The fourth-order valence-corrected chi connectivity index (χ4v) is 3.13. The second kappa shape index (κ2) is 7.17. The van der Waals surface area contributed by atoms with Gasteiger partial charge in [0, 0.05) is 24.2 Å². The minimum absolute atomic E-state index is 0.0589. The molecule has 0 bridgehead atoms. The van der Waals surface area contributed by atoms with Crippen LogP contribution in [0.1, 0.15) is 20.9 Å². The topological polar surface area (TPSA) is 43.6 Å². The smallest absolute Gasteiger partial charge is 0.281 e. The summed E-state index contributed by atoms with van der Waals surface area (Å²) in [5, 5.41) is 0.184. The largest absolute Gasteiger partial charge is 0.383 e. The molecule has 0 saturated heterocycles. The van der Waals surface area contributed by atoms with E-state index in [-0.39, 0.29) is 10.6 Å². The Balaban J connectivity index is 2.46. The summed E-state index contributed by atoms with van der Waals surface area (Å²) in [7, 11) is 1.61. The van der Waals surface area contributed by atoms with E-state index in [9.17, 15) is 9.18 Å². The third-order valence-corrected chi connectivity index (χ3v) is 4.69. The van der Waals surface area contributed by atoms with Crippen molar-refractivity contribution in [2.24, 2.45) is 4.99 Å². The molecule has 0 fully saturated rings. The second-order valence-corrected chi connectivity index (χ2v) is 6.30. The summed E-state index contributed by atoms with van der Waals surface area (Å²) < 4.78 is 20.3. The number of nitrogens with zero attached hydrogens (tertiary/aromatic N) is 2. The van der Waals surface area contributed by atoms with Gasteiger partial charge >= 0.3 is 0 Å². The summed E-state index contributed by atoms with van der Waals surface area (Å²) in [5.74, 6) is -1.08. The summed E-state index contributed by atoms with van der Waals surface area (Å²) in [6.07, 6.45) is 0. The number of methoxy groups -OCH3 is 1. The lowest BCUT2D eigenvalue weighted by Crippen LogP contribution is -2.20. The van der Waals surface area contributed by atoms with Crippen LogP contribution in [0.3, 0.4) is 0 Å². The highest BCUT2D eigenvalue weighted by Crippen LogP contribution is 2.18. The Hall–Kier alpha value is -1.50. The minimum atomic E-state index is -0.558. The summed E-state index contributed by atoms with van der Waals surface area (Å²) in [4.78, 5) is 18.0. The van der Waals surface area contributed by atoms with Crippen LogP contribution >= 0.6 is 22.9 Å². The van der Waals surface area contributed by atoms with Crippen LogP contribution in [0.15, 0.2) is 23.2 Å². The molecule has 1 amide bonds. The Morgan fingerprint density at radius 2 is 2.18 bits per heavy atom. The van der Waals surface area contributed by atoms with Gasteiger partial charge in [0.25, 0.3) is 5.91 Å².